The highest BCUT2D eigenvalue weighted by Crippen LogP contribution is 2.32. The van der Waals surface area contributed by atoms with Crippen LogP contribution in [-0.2, 0) is 4.74 Å². The van der Waals surface area contributed by atoms with E-state index in [1.165, 1.54) is 19.3 Å². The number of ether oxygens (including phenoxy) is 1. The molecule has 0 fully saturated rings. The van der Waals surface area contributed by atoms with E-state index in [1.807, 2.05) is 0 Å². The summed E-state index contributed by atoms with van der Waals surface area (Å²) in [5.41, 5.74) is 0.432. The predicted octanol–water partition coefficient (Wildman–Crippen LogP) is 3.61. The van der Waals surface area contributed by atoms with Gasteiger partial charge in [0.15, 0.2) is 0 Å². The van der Waals surface area contributed by atoms with E-state index < -0.39 is 0 Å². The van der Waals surface area contributed by atoms with Crippen molar-refractivity contribution in [3.8, 4) is 0 Å². The molecule has 0 saturated carbocycles. The Labute approximate surface area is 102 Å². The lowest BCUT2D eigenvalue weighted by molar-refractivity contribution is 0.00392. The fraction of sp³-hybridized carbons (Fsp3) is 1.00. The monoisotopic (exact) mass is 229 g/mol. The SMILES string of the molecule is CCCC(C)(CCC(C)(C)OC)CNCC. The highest BCUT2D eigenvalue weighted by molar-refractivity contribution is 4.80. The van der Waals surface area contributed by atoms with Gasteiger partial charge in [-0.1, -0.05) is 27.2 Å². The van der Waals surface area contributed by atoms with E-state index in [2.05, 4.69) is 39.9 Å². The Bertz CT molecular complexity index is 180. The first-order valence-corrected chi connectivity index (χ1v) is 6.65. The molecular formula is C14H31NO. The molecule has 0 aliphatic heterocycles. The van der Waals surface area contributed by atoms with E-state index in [-0.39, 0.29) is 5.60 Å². The quantitative estimate of drug-likeness (QED) is 0.652. The van der Waals surface area contributed by atoms with Crippen LogP contribution in [0.15, 0.2) is 0 Å². The lowest BCUT2D eigenvalue weighted by atomic mass is 9.78. The van der Waals surface area contributed by atoms with E-state index in [4.69, 9.17) is 4.74 Å². The zero-order valence-electron chi connectivity index (χ0n) is 12.2. The second-order valence-electron chi connectivity index (χ2n) is 5.80. The van der Waals surface area contributed by atoms with Gasteiger partial charge in [-0.2, -0.15) is 0 Å². The molecule has 0 radical (unpaired) electrons. The molecule has 0 bridgehead atoms. The highest BCUT2D eigenvalue weighted by Gasteiger charge is 2.26. The summed E-state index contributed by atoms with van der Waals surface area (Å²) in [6, 6.07) is 0. The summed E-state index contributed by atoms with van der Waals surface area (Å²) in [7, 11) is 1.81. The maximum absolute atomic E-state index is 5.50. The third-order valence-corrected chi connectivity index (χ3v) is 3.54. The van der Waals surface area contributed by atoms with Crippen molar-refractivity contribution >= 4 is 0 Å². The van der Waals surface area contributed by atoms with Crippen LogP contribution in [0.3, 0.4) is 0 Å². The minimum absolute atomic E-state index is 0.0151. The molecule has 2 heteroatoms. The molecular weight excluding hydrogens is 198 g/mol. The number of nitrogens with one attached hydrogen (secondary N) is 1. The topological polar surface area (TPSA) is 21.3 Å². The Hall–Kier alpha value is -0.0800. The van der Waals surface area contributed by atoms with Crippen LogP contribution in [0.2, 0.25) is 0 Å². The second-order valence-corrected chi connectivity index (χ2v) is 5.80. The zero-order valence-corrected chi connectivity index (χ0v) is 12.2. The fourth-order valence-corrected chi connectivity index (χ4v) is 2.04. The van der Waals surface area contributed by atoms with E-state index in [9.17, 15) is 0 Å². The number of rotatable bonds is 9. The number of hydrogen-bond acceptors (Lipinski definition) is 2. The molecule has 0 heterocycles. The van der Waals surface area contributed by atoms with Gasteiger partial charge >= 0.3 is 0 Å². The van der Waals surface area contributed by atoms with E-state index in [1.54, 1.807) is 7.11 Å². The summed E-state index contributed by atoms with van der Waals surface area (Å²) in [6.07, 6.45) is 4.91. The van der Waals surface area contributed by atoms with Gasteiger partial charge in [-0.3, -0.25) is 0 Å². The summed E-state index contributed by atoms with van der Waals surface area (Å²) in [4.78, 5) is 0. The Morgan fingerprint density at radius 3 is 2.06 bits per heavy atom. The molecule has 0 aliphatic rings. The molecule has 98 valence electrons. The molecule has 1 N–H and O–H groups in total. The van der Waals surface area contributed by atoms with Gasteiger partial charge in [-0.15, -0.1) is 0 Å². The van der Waals surface area contributed by atoms with Crippen LogP contribution in [0, 0.1) is 5.41 Å². The molecule has 0 amide bonds. The third-order valence-electron chi connectivity index (χ3n) is 3.54. The average molecular weight is 229 g/mol. The van der Waals surface area contributed by atoms with E-state index in [0.717, 1.165) is 19.5 Å². The molecule has 0 aliphatic carbocycles. The summed E-state index contributed by atoms with van der Waals surface area (Å²) in [5, 5.41) is 3.49. The Morgan fingerprint density at radius 1 is 1.00 bits per heavy atom. The molecule has 0 aromatic heterocycles. The first-order valence-electron chi connectivity index (χ1n) is 6.65. The molecule has 1 atom stereocenters. The van der Waals surface area contributed by atoms with Gasteiger partial charge in [0.1, 0.15) is 0 Å². The molecule has 16 heavy (non-hydrogen) atoms. The van der Waals surface area contributed by atoms with Gasteiger partial charge in [0.2, 0.25) is 0 Å². The van der Waals surface area contributed by atoms with Crippen molar-refractivity contribution < 1.29 is 4.74 Å². The summed E-state index contributed by atoms with van der Waals surface area (Å²) in [5.74, 6) is 0. The van der Waals surface area contributed by atoms with Crippen molar-refractivity contribution in [3.05, 3.63) is 0 Å². The molecule has 0 rings (SSSR count). The smallest absolute Gasteiger partial charge is 0.0623 e. The first kappa shape index (κ1) is 15.9. The van der Waals surface area contributed by atoms with Crippen molar-refractivity contribution in [2.75, 3.05) is 20.2 Å². The Balaban J connectivity index is 4.20. The lowest BCUT2D eigenvalue weighted by Crippen LogP contribution is -2.34. The molecule has 0 saturated heterocycles. The van der Waals surface area contributed by atoms with Crippen molar-refractivity contribution in [2.45, 2.75) is 65.9 Å². The molecule has 0 spiro atoms. The van der Waals surface area contributed by atoms with Crippen LogP contribution < -0.4 is 5.32 Å². The molecule has 0 aromatic carbocycles. The first-order chi connectivity index (χ1) is 7.39. The van der Waals surface area contributed by atoms with E-state index in [0.29, 0.717) is 5.41 Å². The van der Waals surface area contributed by atoms with Crippen LogP contribution in [0.5, 0.6) is 0 Å². The third kappa shape index (κ3) is 6.49. The van der Waals surface area contributed by atoms with Gasteiger partial charge in [0.25, 0.3) is 0 Å². The Kier molecular flexibility index (Phi) is 7.25. The van der Waals surface area contributed by atoms with Crippen LogP contribution in [-0.4, -0.2) is 25.8 Å². The summed E-state index contributed by atoms with van der Waals surface area (Å²) < 4.78 is 5.50. The fourth-order valence-electron chi connectivity index (χ4n) is 2.04. The van der Waals surface area contributed by atoms with Gasteiger partial charge in [-0.25, -0.2) is 0 Å². The van der Waals surface area contributed by atoms with Crippen LogP contribution in [0.1, 0.15) is 60.3 Å². The van der Waals surface area contributed by atoms with Crippen molar-refractivity contribution in [2.24, 2.45) is 5.41 Å². The van der Waals surface area contributed by atoms with Gasteiger partial charge in [0, 0.05) is 13.7 Å². The zero-order chi connectivity index (χ0) is 12.7. The van der Waals surface area contributed by atoms with Crippen molar-refractivity contribution in [1.29, 1.82) is 0 Å². The summed E-state index contributed by atoms with van der Waals surface area (Å²) >= 11 is 0. The van der Waals surface area contributed by atoms with Gasteiger partial charge < -0.3 is 10.1 Å². The molecule has 2 nitrogen and oxygen atoms in total. The number of hydrogen-bond donors (Lipinski definition) is 1. The maximum Gasteiger partial charge on any atom is 0.0623 e. The summed E-state index contributed by atoms with van der Waals surface area (Å²) in [6.45, 7) is 13.4. The normalized spacial score (nSPS) is 16.1. The van der Waals surface area contributed by atoms with Crippen molar-refractivity contribution in [3.63, 3.8) is 0 Å². The second kappa shape index (κ2) is 7.29. The highest BCUT2D eigenvalue weighted by atomic mass is 16.5. The largest absolute Gasteiger partial charge is 0.379 e. The average Bonchev–Trinajstić information content (AvgIpc) is 2.25. The number of methoxy groups -OCH3 is 1. The van der Waals surface area contributed by atoms with Crippen molar-refractivity contribution in [1.82, 2.24) is 5.32 Å². The van der Waals surface area contributed by atoms with Gasteiger partial charge in [0.05, 0.1) is 5.60 Å². The lowest BCUT2D eigenvalue weighted by Gasteiger charge is -2.33. The van der Waals surface area contributed by atoms with Crippen LogP contribution in [0.25, 0.3) is 0 Å². The predicted molar refractivity (Wildman–Crippen MR) is 71.9 cm³/mol. The Morgan fingerprint density at radius 2 is 1.62 bits per heavy atom. The van der Waals surface area contributed by atoms with Crippen LogP contribution in [0.4, 0.5) is 0 Å². The minimum atomic E-state index is 0.0151. The van der Waals surface area contributed by atoms with Gasteiger partial charge in [-0.05, 0) is 45.1 Å². The standard InChI is InChI=1S/C14H31NO/c1-7-9-14(5,12-15-8-2)11-10-13(3,4)16-6/h15H,7-12H2,1-6H3. The van der Waals surface area contributed by atoms with E-state index >= 15 is 0 Å². The minimum Gasteiger partial charge on any atom is -0.379 e. The molecule has 0 aromatic rings. The van der Waals surface area contributed by atoms with Crippen LogP contribution >= 0.6 is 0 Å². The maximum atomic E-state index is 5.50. The molecule has 1 unspecified atom stereocenters.